The van der Waals surface area contributed by atoms with Crippen LogP contribution in [0, 0.1) is 0 Å². The molecule has 0 atom stereocenters. The van der Waals surface area contributed by atoms with Crippen LogP contribution in [0.5, 0.6) is 5.75 Å². The van der Waals surface area contributed by atoms with Gasteiger partial charge >= 0.3 is 0 Å². The normalized spacial score (nSPS) is 11.2. The van der Waals surface area contributed by atoms with E-state index in [9.17, 15) is 4.79 Å². The summed E-state index contributed by atoms with van der Waals surface area (Å²) in [4.78, 5) is 11.7. The minimum Gasteiger partial charge on any atom is -0.494 e. The summed E-state index contributed by atoms with van der Waals surface area (Å²) in [5, 5.41) is 2.84. The number of carbonyl (C=O) groups is 1. The summed E-state index contributed by atoms with van der Waals surface area (Å²) in [7, 11) is 0. The van der Waals surface area contributed by atoms with E-state index in [0.29, 0.717) is 26.0 Å². The first-order chi connectivity index (χ1) is 8.92. The summed E-state index contributed by atoms with van der Waals surface area (Å²) in [6.45, 7) is 6.84. The van der Waals surface area contributed by atoms with Crippen LogP contribution in [0.4, 0.5) is 0 Å². The predicted octanol–water partition coefficient (Wildman–Crippen LogP) is 1.87. The molecule has 1 aromatic carbocycles. The first kappa shape index (κ1) is 15.5. The van der Waals surface area contributed by atoms with Crippen molar-refractivity contribution in [3.8, 4) is 5.75 Å². The molecule has 0 heterocycles. The van der Waals surface area contributed by atoms with Crippen molar-refractivity contribution in [1.82, 2.24) is 5.32 Å². The first-order valence-electron chi connectivity index (χ1n) is 6.68. The third-order valence-electron chi connectivity index (χ3n) is 2.64. The number of hydrogen-bond acceptors (Lipinski definition) is 3. The summed E-state index contributed by atoms with van der Waals surface area (Å²) >= 11 is 0. The quantitative estimate of drug-likeness (QED) is 0.790. The molecule has 0 saturated carbocycles. The fourth-order valence-corrected chi connectivity index (χ4v) is 1.67. The van der Waals surface area contributed by atoms with Crippen LogP contribution in [-0.4, -0.2) is 24.6 Å². The highest BCUT2D eigenvalue weighted by Crippen LogP contribution is 2.19. The Kier molecular flexibility index (Phi) is 5.83. The number of amides is 1. The monoisotopic (exact) mass is 264 g/mol. The second kappa shape index (κ2) is 7.14. The molecule has 0 bridgehead atoms. The lowest BCUT2D eigenvalue weighted by atomic mass is 10.1. The van der Waals surface area contributed by atoms with E-state index in [1.807, 2.05) is 45.0 Å². The molecule has 19 heavy (non-hydrogen) atoms. The maximum atomic E-state index is 11.7. The highest BCUT2D eigenvalue weighted by molar-refractivity contribution is 5.76. The number of aryl methyl sites for hydroxylation is 1. The van der Waals surface area contributed by atoms with E-state index in [0.717, 1.165) is 11.3 Å². The number of rotatable bonds is 7. The SMILES string of the molecule is CCOc1ccccc1CCC(=O)NCC(C)(C)N. The van der Waals surface area contributed by atoms with Crippen LogP contribution in [0.2, 0.25) is 0 Å². The third-order valence-corrected chi connectivity index (χ3v) is 2.64. The van der Waals surface area contributed by atoms with Gasteiger partial charge in [-0.15, -0.1) is 0 Å². The minimum absolute atomic E-state index is 0.0184. The standard InChI is InChI=1S/C15H24N2O2/c1-4-19-13-8-6-5-7-12(13)9-10-14(18)17-11-15(2,3)16/h5-8H,4,9-11,16H2,1-3H3,(H,17,18). The van der Waals surface area contributed by atoms with Crippen molar-refractivity contribution < 1.29 is 9.53 Å². The zero-order valence-electron chi connectivity index (χ0n) is 12.0. The van der Waals surface area contributed by atoms with Crippen molar-refractivity contribution in [3.63, 3.8) is 0 Å². The Morgan fingerprint density at radius 3 is 2.68 bits per heavy atom. The number of para-hydroxylation sites is 1. The van der Waals surface area contributed by atoms with Gasteiger partial charge in [0.2, 0.25) is 5.91 Å². The first-order valence-corrected chi connectivity index (χ1v) is 6.68. The molecule has 0 aliphatic rings. The van der Waals surface area contributed by atoms with Gasteiger partial charge in [0, 0.05) is 18.5 Å². The summed E-state index contributed by atoms with van der Waals surface area (Å²) in [5.41, 5.74) is 6.51. The van der Waals surface area contributed by atoms with Crippen LogP contribution in [0.15, 0.2) is 24.3 Å². The van der Waals surface area contributed by atoms with Crippen molar-refractivity contribution in [2.75, 3.05) is 13.2 Å². The third kappa shape index (κ3) is 6.25. The summed E-state index contributed by atoms with van der Waals surface area (Å²) in [6, 6.07) is 7.81. The molecule has 3 N–H and O–H groups in total. The molecule has 0 aromatic heterocycles. The van der Waals surface area contributed by atoms with Gasteiger partial charge in [-0.1, -0.05) is 18.2 Å². The van der Waals surface area contributed by atoms with E-state index in [1.54, 1.807) is 0 Å². The molecule has 0 fully saturated rings. The molecule has 0 aliphatic carbocycles. The Balaban J connectivity index is 2.46. The van der Waals surface area contributed by atoms with Crippen LogP contribution < -0.4 is 15.8 Å². The van der Waals surface area contributed by atoms with E-state index < -0.39 is 0 Å². The maximum Gasteiger partial charge on any atom is 0.220 e. The van der Waals surface area contributed by atoms with Gasteiger partial charge in [0.15, 0.2) is 0 Å². The fourth-order valence-electron chi connectivity index (χ4n) is 1.67. The Labute approximate surface area is 115 Å². The average Bonchev–Trinajstić information content (AvgIpc) is 2.35. The van der Waals surface area contributed by atoms with E-state index in [2.05, 4.69) is 5.32 Å². The van der Waals surface area contributed by atoms with E-state index >= 15 is 0 Å². The molecular formula is C15H24N2O2. The molecule has 0 aliphatic heterocycles. The van der Waals surface area contributed by atoms with Crippen LogP contribution in [-0.2, 0) is 11.2 Å². The second-order valence-corrected chi connectivity index (χ2v) is 5.31. The molecule has 0 radical (unpaired) electrons. The molecule has 4 nitrogen and oxygen atoms in total. The Morgan fingerprint density at radius 2 is 2.05 bits per heavy atom. The number of ether oxygens (including phenoxy) is 1. The lowest BCUT2D eigenvalue weighted by Gasteiger charge is -2.19. The summed E-state index contributed by atoms with van der Waals surface area (Å²) in [6.07, 6.45) is 1.12. The molecule has 106 valence electrons. The van der Waals surface area contributed by atoms with Crippen LogP contribution >= 0.6 is 0 Å². The van der Waals surface area contributed by atoms with Gasteiger partial charge in [0.25, 0.3) is 0 Å². The molecule has 0 unspecified atom stereocenters. The van der Waals surface area contributed by atoms with Crippen molar-refractivity contribution in [1.29, 1.82) is 0 Å². The van der Waals surface area contributed by atoms with Gasteiger partial charge in [-0.25, -0.2) is 0 Å². The molecule has 0 saturated heterocycles. The van der Waals surface area contributed by atoms with Crippen molar-refractivity contribution in [2.45, 2.75) is 39.2 Å². The van der Waals surface area contributed by atoms with E-state index in [4.69, 9.17) is 10.5 Å². The van der Waals surface area contributed by atoms with Gasteiger partial charge in [-0.05, 0) is 38.8 Å². The van der Waals surface area contributed by atoms with Crippen LogP contribution in [0.1, 0.15) is 32.8 Å². The number of hydrogen-bond donors (Lipinski definition) is 2. The number of carbonyl (C=O) groups excluding carboxylic acids is 1. The Hall–Kier alpha value is -1.55. The van der Waals surface area contributed by atoms with Crippen LogP contribution in [0.3, 0.4) is 0 Å². The largest absolute Gasteiger partial charge is 0.494 e. The topological polar surface area (TPSA) is 64.3 Å². The summed E-state index contributed by atoms with van der Waals surface area (Å²) < 4.78 is 5.53. The number of benzene rings is 1. The molecular weight excluding hydrogens is 240 g/mol. The van der Waals surface area contributed by atoms with Gasteiger partial charge in [0.05, 0.1) is 6.61 Å². The van der Waals surface area contributed by atoms with Gasteiger partial charge in [-0.2, -0.15) is 0 Å². The van der Waals surface area contributed by atoms with Crippen molar-refractivity contribution in [3.05, 3.63) is 29.8 Å². The Bertz CT molecular complexity index is 411. The van der Waals surface area contributed by atoms with Gasteiger partial charge in [0.1, 0.15) is 5.75 Å². The lowest BCUT2D eigenvalue weighted by Crippen LogP contribution is -2.45. The van der Waals surface area contributed by atoms with E-state index in [1.165, 1.54) is 0 Å². The zero-order chi connectivity index (χ0) is 14.3. The molecule has 4 heteroatoms. The van der Waals surface area contributed by atoms with Crippen LogP contribution in [0.25, 0.3) is 0 Å². The predicted molar refractivity (Wildman–Crippen MR) is 77.2 cm³/mol. The lowest BCUT2D eigenvalue weighted by molar-refractivity contribution is -0.121. The molecule has 0 spiro atoms. The van der Waals surface area contributed by atoms with Crippen molar-refractivity contribution in [2.24, 2.45) is 5.73 Å². The molecule has 1 aromatic rings. The molecule has 1 rings (SSSR count). The maximum absolute atomic E-state index is 11.7. The highest BCUT2D eigenvalue weighted by Gasteiger charge is 2.12. The van der Waals surface area contributed by atoms with Gasteiger partial charge < -0.3 is 15.8 Å². The number of nitrogens with one attached hydrogen (secondary N) is 1. The summed E-state index contributed by atoms with van der Waals surface area (Å²) in [5.74, 6) is 0.877. The fraction of sp³-hybridized carbons (Fsp3) is 0.533. The number of nitrogens with two attached hydrogens (primary N) is 1. The Morgan fingerprint density at radius 1 is 1.37 bits per heavy atom. The van der Waals surface area contributed by atoms with E-state index in [-0.39, 0.29) is 11.4 Å². The zero-order valence-corrected chi connectivity index (χ0v) is 12.0. The second-order valence-electron chi connectivity index (χ2n) is 5.31. The minimum atomic E-state index is -0.376. The molecule has 1 amide bonds. The van der Waals surface area contributed by atoms with Crippen molar-refractivity contribution >= 4 is 5.91 Å². The highest BCUT2D eigenvalue weighted by atomic mass is 16.5. The average molecular weight is 264 g/mol. The smallest absolute Gasteiger partial charge is 0.220 e. The van der Waals surface area contributed by atoms with Gasteiger partial charge in [-0.3, -0.25) is 4.79 Å².